The summed E-state index contributed by atoms with van der Waals surface area (Å²) in [6, 6.07) is 36.9. The van der Waals surface area contributed by atoms with Gasteiger partial charge in [-0.05, 0) is 77.6 Å². The van der Waals surface area contributed by atoms with Crippen molar-refractivity contribution in [2.75, 3.05) is 0 Å². The molecule has 196 valence electrons. The minimum absolute atomic E-state index is 0.0213. The maximum Gasteiger partial charge on any atom is 0.244 e. The summed E-state index contributed by atoms with van der Waals surface area (Å²) < 4.78 is 31.8. The molecule has 1 saturated heterocycles. The first-order valence-corrected chi connectivity index (χ1v) is 15.5. The number of aryl methyl sites for hydroxylation is 1. The highest BCUT2D eigenvalue weighted by molar-refractivity contribution is 7.89. The van der Waals surface area contributed by atoms with Crippen molar-refractivity contribution < 1.29 is 8.42 Å². The van der Waals surface area contributed by atoms with E-state index in [1.54, 1.807) is 12.1 Å². The molecule has 3 aliphatic rings. The van der Waals surface area contributed by atoms with Gasteiger partial charge in [0.05, 0.1) is 10.4 Å². The number of hydrogen-bond acceptors (Lipinski definition) is 2. The van der Waals surface area contributed by atoms with Gasteiger partial charge in [-0.2, -0.15) is 4.31 Å². The molecule has 2 unspecified atom stereocenters. The summed E-state index contributed by atoms with van der Waals surface area (Å²) in [4.78, 5) is 0.386. The number of nitrogens with zero attached hydrogens (tertiary/aromatic N) is 1. The fourth-order valence-electron chi connectivity index (χ4n) is 7.57. The first-order valence-electron chi connectivity index (χ1n) is 14.1. The molecule has 1 heterocycles. The van der Waals surface area contributed by atoms with Crippen molar-refractivity contribution in [3.63, 3.8) is 0 Å². The molecule has 1 spiro atoms. The van der Waals surface area contributed by atoms with Gasteiger partial charge >= 0.3 is 0 Å². The van der Waals surface area contributed by atoms with E-state index < -0.39 is 15.6 Å². The lowest BCUT2D eigenvalue weighted by molar-refractivity contribution is 0.224. The van der Waals surface area contributed by atoms with Gasteiger partial charge in [-0.25, -0.2) is 8.42 Å². The van der Waals surface area contributed by atoms with Gasteiger partial charge in [0, 0.05) is 6.04 Å². The van der Waals surface area contributed by atoms with E-state index in [-0.39, 0.29) is 6.04 Å². The molecule has 0 N–H and O–H groups in total. The summed E-state index contributed by atoms with van der Waals surface area (Å²) in [7, 11) is -3.81. The Hall–Kier alpha value is -3.47. The van der Waals surface area contributed by atoms with Crippen LogP contribution < -0.4 is 0 Å². The quantitative estimate of drug-likeness (QED) is 0.269. The number of hydrogen-bond donors (Lipinski definition) is 0. The Kier molecular flexibility index (Phi) is 5.87. The third-order valence-electron chi connectivity index (χ3n) is 9.11. The van der Waals surface area contributed by atoms with Gasteiger partial charge in [0.2, 0.25) is 10.0 Å². The summed E-state index contributed by atoms with van der Waals surface area (Å²) >= 11 is 0. The summed E-state index contributed by atoms with van der Waals surface area (Å²) in [5.74, 6) is 0.320. The van der Waals surface area contributed by atoms with Crippen LogP contribution in [0.25, 0.3) is 11.1 Å². The lowest BCUT2D eigenvalue weighted by atomic mass is 9.77. The second-order valence-electron chi connectivity index (χ2n) is 11.3. The molecule has 4 aromatic carbocycles. The molecule has 1 saturated carbocycles. The molecule has 0 aromatic heterocycles. The van der Waals surface area contributed by atoms with E-state index in [9.17, 15) is 8.42 Å². The molecule has 3 nitrogen and oxygen atoms in total. The highest BCUT2D eigenvalue weighted by Crippen LogP contribution is 2.64. The van der Waals surface area contributed by atoms with E-state index in [0.29, 0.717) is 10.8 Å². The number of benzene rings is 4. The Morgan fingerprint density at radius 3 is 2.05 bits per heavy atom. The van der Waals surface area contributed by atoms with Crippen molar-refractivity contribution in [1.29, 1.82) is 0 Å². The Morgan fingerprint density at radius 2 is 1.33 bits per heavy atom. The predicted molar refractivity (Wildman–Crippen MR) is 157 cm³/mol. The maximum atomic E-state index is 14.9. The van der Waals surface area contributed by atoms with Crippen molar-refractivity contribution in [3.8, 4) is 0 Å². The highest BCUT2D eigenvalue weighted by atomic mass is 32.2. The van der Waals surface area contributed by atoms with Crippen LogP contribution in [0.4, 0.5) is 0 Å². The third kappa shape index (κ3) is 3.69. The van der Waals surface area contributed by atoms with Crippen LogP contribution in [0, 0.1) is 12.8 Å². The molecule has 7 rings (SSSR count). The maximum absolute atomic E-state index is 14.9. The molecule has 4 heteroatoms. The average Bonchev–Trinajstić information content (AvgIpc) is 3.47. The van der Waals surface area contributed by atoms with Gasteiger partial charge in [-0.3, -0.25) is 0 Å². The monoisotopic (exact) mass is 531 g/mol. The second-order valence-corrected chi connectivity index (χ2v) is 13.1. The molecule has 0 radical (unpaired) electrons. The van der Waals surface area contributed by atoms with Crippen molar-refractivity contribution in [2.24, 2.45) is 5.92 Å². The molecule has 2 aliphatic carbocycles. The van der Waals surface area contributed by atoms with Gasteiger partial charge < -0.3 is 0 Å². The Balaban J connectivity index is 1.59. The van der Waals surface area contributed by atoms with Gasteiger partial charge in [-0.15, -0.1) is 0 Å². The van der Waals surface area contributed by atoms with Gasteiger partial charge in [0.15, 0.2) is 0 Å². The van der Waals surface area contributed by atoms with Crippen LogP contribution in [0.5, 0.6) is 0 Å². The fraction of sp³-hybridized carbons (Fsp3) is 0.257. The van der Waals surface area contributed by atoms with Crippen molar-refractivity contribution in [2.45, 2.75) is 55.5 Å². The zero-order valence-electron chi connectivity index (χ0n) is 22.3. The van der Waals surface area contributed by atoms with Crippen molar-refractivity contribution in [3.05, 3.63) is 137 Å². The summed E-state index contributed by atoms with van der Waals surface area (Å²) in [5.41, 5.74) is 7.05. The Bertz CT molecular complexity index is 1660. The molecule has 4 aromatic rings. The molecule has 39 heavy (non-hydrogen) atoms. The van der Waals surface area contributed by atoms with Crippen LogP contribution in [0.1, 0.15) is 59.9 Å². The third-order valence-corrected chi connectivity index (χ3v) is 11.1. The molecule has 3 atom stereocenters. The number of sulfonamides is 1. The van der Waals surface area contributed by atoms with Gasteiger partial charge in [0.1, 0.15) is 0 Å². The minimum atomic E-state index is -3.81. The van der Waals surface area contributed by atoms with Crippen LogP contribution in [-0.2, 0) is 15.6 Å². The normalized spacial score (nSPS) is 24.6. The van der Waals surface area contributed by atoms with Crippen LogP contribution in [-0.4, -0.2) is 18.8 Å². The standard InChI is InChI=1S/C35H33NO2S/c1-25-20-22-29(23-21-25)39(37,38)36-32-19-11-8-16-28(32)24-35(36)31-18-10-9-17-30(31)33(26-12-4-2-5-13-26)34(35)27-14-6-3-7-15-27/h2-7,9-10,12-15,17-18,20-23,28,32H,8,11,16,19,24H2,1H3/t28?,32?,35-/m1/s1. The number of fused-ring (bicyclic) bond motifs is 3. The zero-order chi connectivity index (χ0) is 26.6. The summed E-state index contributed by atoms with van der Waals surface area (Å²) in [5, 5.41) is 0. The van der Waals surface area contributed by atoms with Gasteiger partial charge in [0.25, 0.3) is 0 Å². The van der Waals surface area contributed by atoms with E-state index in [0.717, 1.165) is 71.1 Å². The van der Waals surface area contributed by atoms with Crippen LogP contribution in [0.3, 0.4) is 0 Å². The van der Waals surface area contributed by atoms with E-state index >= 15 is 0 Å². The largest absolute Gasteiger partial charge is 0.244 e. The first kappa shape index (κ1) is 24.6. The lowest BCUT2D eigenvalue weighted by Gasteiger charge is -2.41. The SMILES string of the molecule is Cc1ccc(S(=O)(=O)N2C3CCCCC3C[C@@]23C(c2ccccc2)=C(c2ccccc2)c2ccccc23)cc1. The topological polar surface area (TPSA) is 37.4 Å². The smallest absolute Gasteiger partial charge is 0.207 e. The molecule has 1 aliphatic heterocycles. The highest BCUT2D eigenvalue weighted by Gasteiger charge is 2.62. The molecular formula is C35H33NO2S. The van der Waals surface area contributed by atoms with Crippen LogP contribution in [0.15, 0.2) is 114 Å². The number of rotatable bonds is 4. The average molecular weight is 532 g/mol. The van der Waals surface area contributed by atoms with E-state index in [1.165, 1.54) is 0 Å². The van der Waals surface area contributed by atoms with E-state index in [1.807, 2.05) is 35.5 Å². The lowest BCUT2D eigenvalue weighted by Crippen LogP contribution is -2.49. The van der Waals surface area contributed by atoms with Crippen LogP contribution in [0.2, 0.25) is 0 Å². The second kappa shape index (κ2) is 9.32. The minimum Gasteiger partial charge on any atom is -0.207 e. The van der Waals surface area contributed by atoms with Crippen LogP contribution >= 0.6 is 0 Å². The van der Waals surface area contributed by atoms with Crippen molar-refractivity contribution in [1.82, 2.24) is 4.31 Å². The predicted octanol–water partition coefficient (Wildman–Crippen LogP) is 7.82. The fourth-order valence-corrected chi connectivity index (χ4v) is 9.58. The molecular weight excluding hydrogens is 498 g/mol. The molecule has 2 fully saturated rings. The van der Waals surface area contributed by atoms with Crippen molar-refractivity contribution >= 4 is 21.2 Å². The van der Waals surface area contributed by atoms with E-state index in [2.05, 4.69) is 72.8 Å². The zero-order valence-corrected chi connectivity index (χ0v) is 23.1. The first-order chi connectivity index (χ1) is 19.0. The Morgan fingerprint density at radius 1 is 0.718 bits per heavy atom. The Labute approximate surface area is 231 Å². The van der Waals surface area contributed by atoms with Gasteiger partial charge in [-0.1, -0.05) is 115 Å². The van der Waals surface area contributed by atoms with E-state index in [4.69, 9.17) is 0 Å². The summed E-state index contributed by atoms with van der Waals surface area (Å²) in [6.07, 6.45) is 5.00. The summed E-state index contributed by atoms with van der Waals surface area (Å²) in [6.45, 7) is 2.00. The molecule has 0 bridgehead atoms. The molecule has 0 amide bonds.